The summed E-state index contributed by atoms with van der Waals surface area (Å²) in [5, 5.41) is 0.571. The molecule has 100 valence electrons. The van der Waals surface area contributed by atoms with Crippen LogP contribution in [0.1, 0.15) is 51.4 Å². The quantitative estimate of drug-likeness (QED) is 0.330. The zero-order chi connectivity index (χ0) is 12.5. The Bertz CT molecular complexity index is 235. The van der Waals surface area contributed by atoms with Gasteiger partial charge >= 0.3 is 0 Å². The van der Waals surface area contributed by atoms with E-state index in [1.807, 2.05) is 0 Å². The van der Waals surface area contributed by atoms with Crippen LogP contribution < -0.4 is 0 Å². The van der Waals surface area contributed by atoms with Gasteiger partial charge in [0.05, 0.1) is 0 Å². The summed E-state index contributed by atoms with van der Waals surface area (Å²) in [7, 11) is 0. The zero-order valence-corrected chi connectivity index (χ0v) is 14.0. The number of hydrogen-bond donors (Lipinski definition) is 0. The number of rotatable bonds is 2. The molecule has 2 rings (SSSR count). The van der Waals surface area contributed by atoms with Gasteiger partial charge < -0.3 is 0 Å². The second kappa shape index (κ2) is 6.22. The van der Waals surface area contributed by atoms with Crippen molar-refractivity contribution in [1.29, 1.82) is 0 Å². The predicted octanol–water partition coefficient (Wildman–Crippen LogP) is 6.01. The van der Waals surface area contributed by atoms with Crippen molar-refractivity contribution >= 4 is 52.1 Å². The molecule has 0 aromatic heterocycles. The molecule has 5 heteroatoms. The molecule has 4 atom stereocenters. The lowest BCUT2D eigenvalue weighted by atomic mass is 9.99. The molecule has 2 aliphatic rings. The van der Waals surface area contributed by atoms with Gasteiger partial charge in [-0.25, -0.2) is 0 Å². The summed E-state index contributed by atoms with van der Waals surface area (Å²) in [6, 6.07) is 0. The molecular weight excluding hydrogens is 314 g/mol. The Morgan fingerprint density at radius 1 is 0.706 bits per heavy atom. The van der Waals surface area contributed by atoms with Crippen LogP contribution in [-0.2, 0) is 0 Å². The minimum atomic E-state index is -2.21. The van der Waals surface area contributed by atoms with Gasteiger partial charge in [0.25, 0.3) is 6.69 Å². The maximum absolute atomic E-state index is 6.81. The molecule has 0 bridgehead atoms. The third kappa shape index (κ3) is 3.69. The van der Waals surface area contributed by atoms with Crippen LogP contribution in [-0.4, -0.2) is 17.4 Å². The number of hydrogen-bond acceptors (Lipinski definition) is 0. The Labute approximate surface area is 125 Å². The molecule has 2 fully saturated rings. The predicted molar refractivity (Wildman–Crippen MR) is 81.2 cm³/mol. The Hall–Kier alpha value is 1.38. The van der Waals surface area contributed by atoms with Crippen molar-refractivity contribution in [3.8, 4) is 0 Å². The lowest BCUT2D eigenvalue weighted by molar-refractivity contribution is 0.470. The SMILES string of the molecule is ClC1CCCC([Si](Cl)(Cl)C2CCCC(Cl)C2)C1. The lowest BCUT2D eigenvalue weighted by Gasteiger charge is -2.40. The molecule has 0 nitrogen and oxygen atoms in total. The second-order valence-electron chi connectivity index (χ2n) is 5.60. The van der Waals surface area contributed by atoms with Gasteiger partial charge in [-0.1, -0.05) is 25.7 Å². The zero-order valence-electron chi connectivity index (χ0n) is 9.98. The summed E-state index contributed by atoms with van der Waals surface area (Å²) in [6.45, 7) is -2.21. The van der Waals surface area contributed by atoms with Gasteiger partial charge in [0.1, 0.15) is 0 Å². The molecule has 0 N–H and O–H groups in total. The van der Waals surface area contributed by atoms with Crippen LogP contribution in [0.25, 0.3) is 0 Å². The molecule has 0 heterocycles. The Balaban J connectivity index is 2.00. The van der Waals surface area contributed by atoms with E-state index < -0.39 is 6.69 Å². The molecule has 0 spiro atoms. The molecule has 2 saturated carbocycles. The largest absolute Gasteiger partial charge is 0.257 e. The summed E-state index contributed by atoms with van der Waals surface area (Å²) in [4.78, 5) is 0. The fourth-order valence-corrected chi connectivity index (χ4v) is 9.75. The molecule has 0 radical (unpaired) electrons. The highest BCUT2D eigenvalue weighted by Crippen LogP contribution is 2.53. The molecule has 17 heavy (non-hydrogen) atoms. The van der Waals surface area contributed by atoms with Crippen molar-refractivity contribution in [1.82, 2.24) is 0 Å². The fourth-order valence-electron chi connectivity index (χ4n) is 3.29. The van der Waals surface area contributed by atoms with Gasteiger partial charge in [-0.15, -0.1) is 45.4 Å². The summed E-state index contributed by atoms with van der Waals surface area (Å²) < 4.78 is 0. The molecule has 4 unspecified atom stereocenters. The van der Waals surface area contributed by atoms with E-state index in [-0.39, 0.29) is 10.8 Å². The Morgan fingerprint density at radius 3 is 1.47 bits per heavy atom. The minimum absolute atomic E-state index is 0.286. The van der Waals surface area contributed by atoms with Crippen LogP contribution in [0, 0.1) is 0 Å². The molecule has 0 aliphatic heterocycles. The van der Waals surface area contributed by atoms with Crippen LogP contribution in [0.15, 0.2) is 0 Å². The first kappa shape index (κ1) is 14.8. The summed E-state index contributed by atoms with van der Waals surface area (Å²) in [5.74, 6) is 0. The van der Waals surface area contributed by atoms with Gasteiger partial charge in [0, 0.05) is 10.8 Å². The highest BCUT2D eigenvalue weighted by atomic mass is 35.7. The van der Waals surface area contributed by atoms with E-state index in [0.717, 1.165) is 25.7 Å². The average Bonchev–Trinajstić information content (AvgIpc) is 2.29. The smallest absolute Gasteiger partial charge is 0.145 e. The highest BCUT2D eigenvalue weighted by molar-refractivity contribution is 7.46. The topological polar surface area (TPSA) is 0 Å². The van der Waals surface area contributed by atoms with Crippen molar-refractivity contribution < 1.29 is 0 Å². The van der Waals surface area contributed by atoms with Crippen LogP contribution in [0.2, 0.25) is 11.1 Å². The monoisotopic (exact) mass is 332 g/mol. The van der Waals surface area contributed by atoms with Crippen molar-refractivity contribution in [2.75, 3.05) is 0 Å². The summed E-state index contributed by atoms with van der Waals surface area (Å²) in [5.41, 5.74) is 0.961. The molecule has 0 aromatic carbocycles. The van der Waals surface area contributed by atoms with Gasteiger partial charge in [0.2, 0.25) is 0 Å². The van der Waals surface area contributed by atoms with Crippen LogP contribution in [0.5, 0.6) is 0 Å². The first-order chi connectivity index (χ1) is 8.00. The number of alkyl halides is 2. The van der Waals surface area contributed by atoms with E-state index in [1.165, 1.54) is 25.7 Å². The first-order valence-corrected chi connectivity index (χ1v) is 11.7. The first-order valence-electron chi connectivity index (χ1n) is 6.66. The summed E-state index contributed by atoms with van der Waals surface area (Å²) >= 11 is 26.2. The van der Waals surface area contributed by atoms with Crippen LogP contribution >= 0.6 is 45.4 Å². The minimum Gasteiger partial charge on any atom is -0.145 e. The van der Waals surface area contributed by atoms with E-state index in [9.17, 15) is 0 Å². The Kier molecular flexibility index (Phi) is 5.41. The van der Waals surface area contributed by atoms with Crippen LogP contribution in [0.3, 0.4) is 0 Å². The summed E-state index contributed by atoms with van der Waals surface area (Å²) in [6.07, 6.45) is 9.00. The van der Waals surface area contributed by atoms with E-state index in [1.54, 1.807) is 0 Å². The normalized spacial score (nSPS) is 40.2. The van der Waals surface area contributed by atoms with E-state index in [4.69, 9.17) is 45.4 Å². The van der Waals surface area contributed by atoms with Crippen molar-refractivity contribution in [3.05, 3.63) is 0 Å². The van der Waals surface area contributed by atoms with E-state index in [2.05, 4.69) is 0 Å². The molecule has 0 aromatic rings. The standard InChI is InChI=1S/C12H20Cl4Si/c13-9-3-1-5-11(7-9)17(15,16)12-6-2-4-10(14)8-12/h9-12H,1-8H2. The van der Waals surface area contributed by atoms with Gasteiger partial charge in [-0.05, 0) is 36.8 Å². The second-order valence-corrected chi connectivity index (χ2v) is 14.1. The number of halogens is 4. The van der Waals surface area contributed by atoms with Gasteiger partial charge in [0.15, 0.2) is 0 Å². The third-order valence-corrected chi connectivity index (χ3v) is 12.0. The van der Waals surface area contributed by atoms with Gasteiger partial charge in [-0.3, -0.25) is 0 Å². The van der Waals surface area contributed by atoms with E-state index >= 15 is 0 Å². The molecular formula is C12H20Cl4Si. The Morgan fingerprint density at radius 2 is 1.12 bits per heavy atom. The molecule has 2 aliphatic carbocycles. The molecule has 0 amide bonds. The third-order valence-electron chi connectivity index (χ3n) is 4.31. The lowest BCUT2D eigenvalue weighted by Crippen LogP contribution is -2.38. The van der Waals surface area contributed by atoms with E-state index in [0.29, 0.717) is 11.1 Å². The van der Waals surface area contributed by atoms with Crippen molar-refractivity contribution in [3.63, 3.8) is 0 Å². The maximum Gasteiger partial charge on any atom is 0.257 e. The average molecular weight is 334 g/mol. The van der Waals surface area contributed by atoms with Gasteiger partial charge in [-0.2, -0.15) is 0 Å². The van der Waals surface area contributed by atoms with Crippen molar-refractivity contribution in [2.45, 2.75) is 73.2 Å². The van der Waals surface area contributed by atoms with Crippen LogP contribution in [0.4, 0.5) is 0 Å². The molecule has 0 saturated heterocycles. The highest BCUT2D eigenvalue weighted by Gasteiger charge is 2.48. The maximum atomic E-state index is 6.81. The fraction of sp³-hybridized carbons (Fsp3) is 1.00. The van der Waals surface area contributed by atoms with Crippen molar-refractivity contribution in [2.24, 2.45) is 0 Å².